The average Bonchev–Trinajstić information content (AvgIpc) is 3.42. The van der Waals surface area contributed by atoms with Crippen LogP contribution in [0.3, 0.4) is 0 Å². The minimum absolute atomic E-state index is 0.00615. The van der Waals surface area contributed by atoms with Gasteiger partial charge in [-0.3, -0.25) is 19.1 Å². The van der Waals surface area contributed by atoms with Gasteiger partial charge in [-0.1, -0.05) is 35.5 Å². The lowest BCUT2D eigenvalue weighted by Crippen LogP contribution is -2.50. The van der Waals surface area contributed by atoms with Crippen LogP contribution in [0.1, 0.15) is 52.5 Å². The van der Waals surface area contributed by atoms with Gasteiger partial charge in [-0.25, -0.2) is 0 Å². The molecule has 2 bridgehead atoms. The van der Waals surface area contributed by atoms with Gasteiger partial charge >= 0.3 is 0 Å². The Morgan fingerprint density at radius 1 is 1.07 bits per heavy atom. The van der Waals surface area contributed by atoms with Crippen molar-refractivity contribution in [2.24, 2.45) is 0 Å². The van der Waals surface area contributed by atoms with Crippen molar-refractivity contribution in [2.75, 3.05) is 19.7 Å². The van der Waals surface area contributed by atoms with E-state index in [1.807, 2.05) is 37.4 Å². The molecule has 5 rings (SSSR count). The number of carbonyl (C=O) groups excluding carboxylic acids is 3. The first kappa shape index (κ1) is 28.3. The Hall–Kier alpha value is -4.25. The highest BCUT2D eigenvalue weighted by molar-refractivity contribution is 5.99. The van der Waals surface area contributed by atoms with Crippen LogP contribution in [0.2, 0.25) is 0 Å². The molecule has 3 heterocycles. The number of carbonyl (C=O) groups is 3. The number of amides is 3. The molecule has 0 saturated heterocycles. The van der Waals surface area contributed by atoms with Crippen molar-refractivity contribution in [3.8, 4) is 5.75 Å². The zero-order valence-electron chi connectivity index (χ0n) is 23.6. The number of nitrogens with zero attached hydrogens (tertiary/aromatic N) is 4. The molecule has 3 N–H and O–H groups in total. The summed E-state index contributed by atoms with van der Waals surface area (Å²) >= 11 is 0. The Morgan fingerprint density at radius 3 is 2.76 bits per heavy atom. The lowest BCUT2D eigenvalue weighted by atomic mass is 9.95. The van der Waals surface area contributed by atoms with Gasteiger partial charge in [0.15, 0.2) is 0 Å². The fraction of sp³-hybridized carbons (Fsp3) is 0.433. The fourth-order valence-electron chi connectivity index (χ4n) is 5.15. The van der Waals surface area contributed by atoms with Crippen molar-refractivity contribution >= 4 is 17.7 Å². The predicted octanol–water partition coefficient (Wildman–Crippen LogP) is 1.74. The van der Waals surface area contributed by atoms with Gasteiger partial charge in [0.1, 0.15) is 17.5 Å². The van der Waals surface area contributed by atoms with Gasteiger partial charge in [0.05, 0.1) is 31.0 Å². The molecular weight excluding hydrogens is 522 g/mol. The van der Waals surface area contributed by atoms with Crippen LogP contribution < -0.4 is 20.7 Å². The van der Waals surface area contributed by atoms with Crippen LogP contribution >= 0.6 is 0 Å². The van der Waals surface area contributed by atoms with E-state index in [2.05, 4.69) is 38.4 Å². The van der Waals surface area contributed by atoms with Crippen LogP contribution in [0.5, 0.6) is 5.75 Å². The van der Waals surface area contributed by atoms with Gasteiger partial charge in [-0.2, -0.15) is 0 Å². The lowest BCUT2D eigenvalue weighted by molar-refractivity contribution is -0.134. The number of aromatic nitrogens is 3. The smallest absolute Gasteiger partial charge is 0.255 e. The zero-order chi connectivity index (χ0) is 28.8. The normalized spacial score (nSPS) is 20.7. The van der Waals surface area contributed by atoms with Crippen molar-refractivity contribution in [1.29, 1.82) is 0 Å². The quantitative estimate of drug-likeness (QED) is 0.414. The maximum atomic E-state index is 13.7. The van der Waals surface area contributed by atoms with E-state index in [0.29, 0.717) is 75.6 Å². The van der Waals surface area contributed by atoms with Gasteiger partial charge in [-0.15, -0.1) is 5.10 Å². The van der Waals surface area contributed by atoms with E-state index in [-0.39, 0.29) is 23.8 Å². The molecule has 216 valence electrons. The van der Waals surface area contributed by atoms with Crippen LogP contribution in [0, 0.1) is 6.92 Å². The first-order chi connectivity index (χ1) is 19.9. The summed E-state index contributed by atoms with van der Waals surface area (Å²) in [7, 11) is 0. The second-order valence-electron chi connectivity index (χ2n) is 10.7. The molecule has 3 amide bonds. The summed E-state index contributed by atoms with van der Waals surface area (Å²) in [6.07, 6.45) is 3.66. The Labute approximate surface area is 239 Å². The molecule has 0 unspecified atom stereocenters. The molecule has 41 heavy (non-hydrogen) atoms. The van der Waals surface area contributed by atoms with E-state index in [0.717, 1.165) is 5.56 Å². The summed E-state index contributed by atoms with van der Waals surface area (Å²) in [5.41, 5.74) is 4.43. The second-order valence-corrected chi connectivity index (χ2v) is 10.7. The van der Waals surface area contributed by atoms with E-state index in [4.69, 9.17) is 4.74 Å². The monoisotopic (exact) mass is 559 g/mol. The number of aryl methyl sites for hydroxylation is 2. The molecule has 0 aliphatic carbocycles. The highest BCUT2D eigenvalue weighted by atomic mass is 16.5. The van der Waals surface area contributed by atoms with E-state index in [1.54, 1.807) is 22.6 Å². The Balaban J connectivity index is 1.31. The van der Waals surface area contributed by atoms with Crippen LogP contribution in [0.15, 0.2) is 48.7 Å². The lowest BCUT2D eigenvalue weighted by Gasteiger charge is -2.31. The minimum atomic E-state index is -0.739. The number of rotatable bonds is 1. The molecule has 0 saturated carbocycles. The summed E-state index contributed by atoms with van der Waals surface area (Å²) in [6.45, 7) is 6.28. The molecule has 11 nitrogen and oxygen atoms in total. The number of nitrogens with one attached hydrogen (secondary N) is 3. The maximum Gasteiger partial charge on any atom is 0.255 e. The van der Waals surface area contributed by atoms with Gasteiger partial charge in [0, 0.05) is 32.6 Å². The number of hydrogen-bond acceptors (Lipinski definition) is 7. The number of hydrogen-bond donors (Lipinski definition) is 3. The largest absolute Gasteiger partial charge is 0.493 e. The van der Waals surface area contributed by atoms with Crippen molar-refractivity contribution in [3.63, 3.8) is 0 Å². The third-order valence-electron chi connectivity index (χ3n) is 7.45. The first-order valence-electron chi connectivity index (χ1n) is 14.2. The Bertz CT molecular complexity index is 1400. The van der Waals surface area contributed by atoms with Gasteiger partial charge in [0.25, 0.3) is 5.91 Å². The van der Waals surface area contributed by atoms with E-state index in [9.17, 15) is 14.4 Å². The van der Waals surface area contributed by atoms with E-state index in [1.165, 1.54) is 11.1 Å². The Kier molecular flexibility index (Phi) is 8.93. The van der Waals surface area contributed by atoms with Gasteiger partial charge in [0.2, 0.25) is 11.8 Å². The van der Waals surface area contributed by atoms with Crippen molar-refractivity contribution in [2.45, 2.75) is 64.8 Å². The molecule has 0 fully saturated rings. The molecular formula is C30H37N7O4. The van der Waals surface area contributed by atoms with E-state index >= 15 is 0 Å². The third-order valence-corrected chi connectivity index (χ3v) is 7.45. The highest BCUT2D eigenvalue weighted by Crippen LogP contribution is 2.21. The third kappa shape index (κ3) is 7.10. The standard InChI is InChI=1S/C30H37N7O4/c1-20-9-10-25-27(15-20)41-14-6-13-37-19-24(34-35-37)18-36(12-5-11-31-28(38)21(2)33-29(25)39)30(40)26-16-22-7-3-4-8-23(22)17-32-26/h3-4,7-10,15,19,21,26,32H,5-6,11-14,16-18H2,1-2H3,(H,31,38)(H,33,39)/t21-,26-/m1/s1. The first-order valence-corrected chi connectivity index (χ1v) is 14.2. The van der Waals surface area contributed by atoms with Crippen LogP contribution in [0.4, 0.5) is 0 Å². The van der Waals surface area contributed by atoms with Crippen molar-refractivity contribution in [3.05, 3.63) is 76.6 Å². The topological polar surface area (TPSA) is 130 Å². The highest BCUT2D eigenvalue weighted by Gasteiger charge is 2.28. The maximum absolute atomic E-state index is 13.7. The van der Waals surface area contributed by atoms with Crippen molar-refractivity contribution < 1.29 is 19.1 Å². The summed E-state index contributed by atoms with van der Waals surface area (Å²) in [5.74, 6) is -0.203. The van der Waals surface area contributed by atoms with Crippen LogP contribution in [0.25, 0.3) is 0 Å². The minimum Gasteiger partial charge on any atom is -0.493 e. The second kappa shape index (κ2) is 12.9. The predicted molar refractivity (Wildman–Crippen MR) is 152 cm³/mol. The molecule has 1 aromatic heterocycles. The number of fused-ring (bicyclic) bond motifs is 4. The summed E-state index contributed by atoms with van der Waals surface area (Å²) in [4.78, 5) is 41.2. The average molecular weight is 560 g/mol. The molecule has 3 aromatic rings. The SMILES string of the molecule is Cc1ccc2c(c1)OCCCn1cc(nn1)CN(C(=O)[C@H]1Cc3ccccc3CN1)CCCNC(=O)[C@@H](C)NC2=O. The van der Waals surface area contributed by atoms with Crippen LogP contribution in [-0.4, -0.2) is 69.4 Å². The number of benzene rings is 2. The fourth-order valence-corrected chi connectivity index (χ4v) is 5.15. The molecule has 2 aliphatic rings. The molecule has 2 aliphatic heterocycles. The van der Waals surface area contributed by atoms with Gasteiger partial charge < -0.3 is 25.6 Å². The van der Waals surface area contributed by atoms with Crippen molar-refractivity contribution in [1.82, 2.24) is 35.8 Å². The Morgan fingerprint density at radius 2 is 1.90 bits per heavy atom. The van der Waals surface area contributed by atoms with Gasteiger partial charge in [-0.05, 0) is 55.5 Å². The molecule has 2 atom stereocenters. The summed E-state index contributed by atoms with van der Waals surface area (Å²) in [5, 5.41) is 17.6. The number of ether oxygens (including phenoxy) is 1. The van der Waals surface area contributed by atoms with E-state index < -0.39 is 6.04 Å². The summed E-state index contributed by atoms with van der Waals surface area (Å²) in [6, 6.07) is 12.5. The molecule has 0 spiro atoms. The van der Waals surface area contributed by atoms with Crippen LogP contribution in [-0.2, 0) is 35.6 Å². The molecule has 0 radical (unpaired) electrons. The summed E-state index contributed by atoms with van der Waals surface area (Å²) < 4.78 is 7.72. The molecule has 11 heteroatoms. The zero-order valence-corrected chi connectivity index (χ0v) is 23.6. The molecule has 2 aromatic carbocycles.